The molecule has 1 fully saturated rings. The Balaban J connectivity index is 1.81. The van der Waals surface area contributed by atoms with E-state index in [-0.39, 0.29) is 17.9 Å². The zero-order valence-corrected chi connectivity index (χ0v) is 11.4. The van der Waals surface area contributed by atoms with E-state index in [1.807, 2.05) is 31.2 Å². The summed E-state index contributed by atoms with van der Waals surface area (Å²) < 4.78 is 0. The van der Waals surface area contributed by atoms with Crippen molar-refractivity contribution < 1.29 is 14.7 Å². The Morgan fingerprint density at radius 3 is 2.53 bits per heavy atom. The molecule has 1 aliphatic carbocycles. The van der Waals surface area contributed by atoms with Gasteiger partial charge in [0.05, 0.1) is 11.8 Å². The van der Waals surface area contributed by atoms with Crippen molar-refractivity contribution in [2.24, 2.45) is 11.8 Å². The highest BCUT2D eigenvalue weighted by Crippen LogP contribution is 2.38. The van der Waals surface area contributed by atoms with Crippen molar-refractivity contribution in [1.29, 1.82) is 0 Å². The van der Waals surface area contributed by atoms with Crippen molar-refractivity contribution >= 4 is 23.5 Å². The molecule has 0 spiro atoms. The van der Waals surface area contributed by atoms with Gasteiger partial charge in [-0.1, -0.05) is 23.7 Å². The van der Waals surface area contributed by atoms with Gasteiger partial charge in [-0.15, -0.1) is 0 Å². The Morgan fingerprint density at radius 1 is 1.37 bits per heavy atom. The molecule has 0 aliphatic heterocycles. The molecule has 1 amide bonds. The van der Waals surface area contributed by atoms with Crippen molar-refractivity contribution in [3.63, 3.8) is 0 Å². The molecular formula is C14H16ClNO3. The van der Waals surface area contributed by atoms with Crippen molar-refractivity contribution in [3.05, 3.63) is 34.9 Å². The van der Waals surface area contributed by atoms with Crippen LogP contribution in [0.1, 0.15) is 18.9 Å². The topological polar surface area (TPSA) is 66.4 Å². The maximum Gasteiger partial charge on any atom is 0.307 e. The lowest BCUT2D eigenvalue weighted by Crippen LogP contribution is -2.35. The van der Waals surface area contributed by atoms with Crippen LogP contribution in [0.25, 0.3) is 0 Å². The highest BCUT2D eigenvalue weighted by Gasteiger charge is 2.48. The van der Waals surface area contributed by atoms with Crippen LogP contribution in [0, 0.1) is 11.8 Å². The molecule has 19 heavy (non-hydrogen) atoms. The molecule has 3 atom stereocenters. The van der Waals surface area contributed by atoms with Crippen LogP contribution in [0.5, 0.6) is 0 Å². The number of rotatable bonds is 5. The van der Waals surface area contributed by atoms with E-state index >= 15 is 0 Å². The number of amides is 1. The van der Waals surface area contributed by atoms with E-state index in [9.17, 15) is 9.59 Å². The maximum atomic E-state index is 11.8. The summed E-state index contributed by atoms with van der Waals surface area (Å²) in [5, 5.41) is 12.3. The van der Waals surface area contributed by atoms with Gasteiger partial charge in [0.2, 0.25) is 5.91 Å². The third kappa shape index (κ3) is 3.70. The Hall–Kier alpha value is -1.55. The third-order valence-electron chi connectivity index (χ3n) is 3.29. The molecule has 5 heteroatoms. The maximum absolute atomic E-state index is 11.8. The second-order valence-electron chi connectivity index (χ2n) is 5.03. The molecule has 0 heterocycles. The number of halogens is 1. The normalized spacial score (nSPS) is 22.6. The Morgan fingerprint density at radius 2 is 2.00 bits per heavy atom. The number of carboxylic acids is 1. The van der Waals surface area contributed by atoms with Crippen LogP contribution in [-0.4, -0.2) is 23.0 Å². The second kappa shape index (κ2) is 5.61. The van der Waals surface area contributed by atoms with Crippen LogP contribution in [0.3, 0.4) is 0 Å². The highest BCUT2D eigenvalue weighted by molar-refractivity contribution is 6.30. The van der Waals surface area contributed by atoms with E-state index in [1.54, 1.807) is 0 Å². The standard InChI is InChI=1S/C14H16ClNO3/c1-8(6-9-2-4-10(15)5-3-9)16-13(17)11-7-12(11)14(18)19/h2-5,8,11-12H,6-7H2,1H3,(H,16,17)(H,18,19). The minimum atomic E-state index is -0.884. The van der Waals surface area contributed by atoms with Crippen LogP contribution in [0.4, 0.5) is 0 Å². The van der Waals surface area contributed by atoms with E-state index in [1.165, 1.54) is 0 Å². The molecular weight excluding hydrogens is 266 g/mol. The molecule has 0 bridgehead atoms. The molecule has 2 N–H and O–H groups in total. The van der Waals surface area contributed by atoms with Gasteiger partial charge in [0.15, 0.2) is 0 Å². The first-order valence-electron chi connectivity index (χ1n) is 6.25. The molecule has 0 saturated heterocycles. The number of hydrogen-bond donors (Lipinski definition) is 2. The lowest BCUT2D eigenvalue weighted by atomic mass is 10.1. The van der Waals surface area contributed by atoms with E-state index in [2.05, 4.69) is 5.32 Å². The largest absolute Gasteiger partial charge is 0.481 e. The zero-order chi connectivity index (χ0) is 14.0. The predicted octanol–water partition coefficient (Wildman–Crippen LogP) is 2.11. The summed E-state index contributed by atoms with van der Waals surface area (Å²) >= 11 is 5.80. The number of hydrogen-bond acceptors (Lipinski definition) is 2. The van der Waals surface area contributed by atoms with E-state index in [0.717, 1.165) is 5.56 Å². The quantitative estimate of drug-likeness (QED) is 0.869. The summed E-state index contributed by atoms with van der Waals surface area (Å²) in [5.74, 6) is -1.90. The Labute approximate surface area is 116 Å². The fourth-order valence-corrected chi connectivity index (χ4v) is 2.26. The van der Waals surface area contributed by atoms with Crippen LogP contribution in [0.2, 0.25) is 5.02 Å². The SMILES string of the molecule is CC(Cc1ccc(Cl)cc1)NC(=O)C1CC1C(=O)O. The molecule has 0 aromatic heterocycles. The van der Waals surface area contributed by atoms with Gasteiger partial charge in [-0.25, -0.2) is 0 Å². The first-order chi connectivity index (χ1) is 8.97. The zero-order valence-electron chi connectivity index (χ0n) is 10.6. The number of carbonyl (C=O) groups excluding carboxylic acids is 1. The van der Waals surface area contributed by atoms with Gasteiger partial charge in [-0.3, -0.25) is 9.59 Å². The smallest absolute Gasteiger partial charge is 0.307 e. The van der Waals surface area contributed by atoms with Gasteiger partial charge >= 0.3 is 5.97 Å². The van der Waals surface area contributed by atoms with Gasteiger partial charge in [0, 0.05) is 11.1 Å². The Kier molecular flexibility index (Phi) is 4.10. The molecule has 1 aromatic rings. The van der Waals surface area contributed by atoms with Gasteiger partial charge in [0.25, 0.3) is 0 Å². The predicted molar refractivity (Wildman–Crippen MR) is 72.0 cm³/mol. The van der Waals surface area contributed by atoms with Gasteiger partial charge in [0.1, 0.15) is 0 Å². The molecule has 3 unspecified atom stereocenters. The van der Waals surface area contributed by atoms with Crippen LogP contribution >= 0.6 is 11.6 Å². The van der Waals surface area contributed by atoms with Crippen molar-refractivity contribution in [1.82, 2.24) is 5.32 Å². The summed E-state index contributed by atoms with van der Waals surface area (Å²) in [6.07, 6.45) is 1.15. The number of aliphatic carboxylic acids is 1. The van der Waals surface area contributed by atoms with Crippen LogP contribution in [-0.2, 0) is 16.0 Å². The highest BCUT2D eigenvalue weighted by atomic mass is 35.5. The molecule has 2 rings (SSSR count). The monoisotopic (exact) mass is 281 g/mol. The summed E-state index contributed by atoms with van der Waals surface area (Å²) in [7, 11) is 0. The molecule has 1 aromatic carbocycles. The molecule has 0 radical (unpaired) electrons. The van der Waals surface area contributed by atoms with E-state index < -0.39 is 11.9 Å². The molecule has 1 aliphatic rings. The molecule has 102 valence electrons. The summed E-state index contributed by atoms with van der Waals surface area (Å²) in [5.41, 5.74) is 1.09. The summed E-state index contributed by atoms with van der Waals surface area (Å²) in [6.45, 7) is 1.91. The average Bonchev–Trinajstić information content (AvgIpc) is 3.12. The van der Waals surface area contributed by atoms with Crippen molar-refractivity contribution in [2.75, 3.05) is 0 Å². The second-order valence-corrected chi connectivity index (χ2v) is 5.46. The van der Waals surface area contributed by atoms with Crippen LogP contribution in [0.15, 0.2) is 24.3 Å². The summed E-state index contributed by atoms with van der Waals surface area (Å²) in [4.78, 5) is 22.5. The summed E-state index contributed by atoms with van der Waals surface area (Å²) in [6, 6.07) is 7.44. The van der Waals surface area contributed by atoms with Crippen molar-refractivity contribution in [3.8, 4) is 0 Å². The minimum Gasteiger partial charge on any atom is -0.481 e. The number of benzene rings is 1. The fraction of sp³-hybridized carbons (Fsp3) is 0.429. The number of carbonyl (C=O) groups is 2. The first-order valence-corrected chi connectivity index (χ1v) is 6.63. The van der Waals surface area contributed by atoms with Crippen LogP contribution < -0.4 is 5.32 Å². The van der Waals surface area contributed by atoms with Gasteiger partial charge in [-0.05, 0) is 37.5 Å². The lowest BCUT2D eigenvalue weighted by Gasteiger charge is -2.14. The number of nitrogens with one attached hydrogen (secondary N) is 1. The fourth-order valence-electron chi connectivity index (χ4n) is 2.13. The first kappa shape index (κ1) is 13.9. The molecule has 1 saturated carbocycles. The van der Waals surface area contributed by atoms with Gasteiger partial charge < -0.3 is 10.4 Å². The molecule has 4 nitrogen and oxygen atoms in total. The van der Waals surface area contributed by atoms with E-state index in [0.29, 0.717) is 17.9 Å². The lowest BCUT2D eigenvalue weighted by molar-refractivity contribution is -0.140. The van der Waals surface area contributed by atoms with E-state index in [4.69, 9.17) is 16.7 Å². The Bertz CT molecular complexity index is 486. The number of carboxylic acid groups (broad SMARTS) is 1. The third-order valence-corrected chi connectivity index (χ3v) is 3.54. The minimum absolute atomic E-state index is 0.0243. The van der Waals surface area contributed by atoms with Gasteiger partial charge in [-0.2, -0.15) is 0 Å². The van der Waals surface area contributed by atoms with Crippen molar-refractivity contribution in [2.45, 2.75) is 25.8 Å². The average molecular weight is 282 g/mol.